The number of rotatable bonds is 6. The molecule has 6 N–H and O–H groups in total. The van der Waals surface area contributed by atoms with Crippen LogP contribution in [0.5, 0.6) is 5.75 Å². The minimum atomic E-state index is -0.420. The van der Waals surface area contributed by atoms with Gasteiger partial charge in [-0.15, -0.1) is 0 Å². The van der Waals surface area contributed by atoms with E-state index in [9.17, 15) is 4.79 Å². The summed E-state index contributed by atoms with van der Waals surface area (Å²) in [5.41, 5.74) is 6.81. The summed E-state index contributed by atoms with van der Waals surface area (Å²) in [7, 11) is 1.44. The number of hydrogen-bond acceptors (Lipinski definition) is 6. The van der Waals surface area contributed by atoms with Gasteiger partial charge in [0.25, 0.3) is 5.91 Å². The molecule has 0 aliphatic carbocycles. The number of aromatic amines is 1. The number of aromatic nitrogens is 2. The molecule has 1 aromatic carbocycles. The van der Waals surface area contributed by atoms with Gasteiger partial charge in [-0.05, 0) is 18.2 Å². The monoisotopic (exact) mass is 312 g/mol. The molecule has 118 valence electrons. The Hall–Kier alpha value is -3.42. The van der Waals surface area contributed by atoms with Crippen LogP contribution in [0.4, 0.5) is 11.5 Å². The van der Waals surface area contributed by atoms with Crippen LogP contribution in [0.15, 0.2) is 24.4 Å². The molecular formula is C15H16N6O2. The van der Waals surface area contributed by atoms with Gasteiger partial charge in [0.1, 0.15) is 17.4 Å². The van der Waals surface area contributed by atoms with Crippen molar-refractivity contribution in [3.8, 4) is 5.75 Å². The Balaban J connectivity index is 2.26. The first-order valence-corrected chi connectivity index (χ1v) is 6.60. The average molecular weight is 312 g/mol. The van der Waals surface area contributed by atoms with Gasteiger partial charge in [-0.3, -0.25) is 4.79 Å². The summed E-state index contributed by atoms with van der Waals surface area (Å²) in [5.74, 6) is 0.799. The van der Waals surface area contributed by atoms with Crippen LogP contribution < -0.4 is 15.8 Å². The normalized spacial score (nSPS) is 10.5. The van der Waals surface area contributed by atoms with Gasteiger partial charge in [0, 0.05) is 29.7 Å². The fourth-order valence-corrected chi connectivity index (χ4v) is 1.90. The lowest BCUT2D eigenvalue weighted by molar-refractivity contribution is 0.102. The van der Waals surface area contributed by atoms with Gasteiger partial charge in [0.2, 0.25) is 0 Å². The summed E-state index contributed by atoms with van der Waals surface area (Å²) in [6, 6.07) is 2.99. The Morgan fingerprint density at radius 3 is 2.87 bits per heavy atom. The smallest absolute Gasteiger partial charge is 0.260 e. The van der Waals surface area contributed by atoms with Gasteiger partial charge in [-0.25, -0.2) is 4.98 Å². The number of ether oxygens (including phenoxy) is 1. The van der Waals surface area contributed by atoms with E-state index in [1.807, 2.05) is 0 Å². The molecule has 2 aromatic rings. The number of anilines is 2. The van der Waals surface area contributed by atoms with Crippen LogP contribution in [-0.4, -0.2) is 35.4 Å². The van der Waals surface area contributed by atoms with Crippen molar-refractivity contribution in [2.45, 2.75) is 0 Å². The van der Waals surface area contributed by atoms with Gasteiger partial charge in [0.05, 0.1) is 18.9 Å². The number of methoxy groups -OCH3 is 1. The quantitative estimate of drug-likeness (QED) is 0.410. The zero-order valence-electron chi connectivity index (χ0n) is 12.4. The molecule has 0 aliphatic rings. The summed E-state index contributed by atoms with van der Waals surface area (Å²) in [5, 5.41) is 16.9. The minimum Gasteiger partial charge on any atom is -0.496 e. The maximum absolute atomic E-state index is 12.4. The number of nitrogen functional groups attached to an aromatic ring is 1. The molecule has 0 atom stereocenters. The van der Waals surface area contributed by atoms with Crippen molar-refractivity contribution in [3.05, 3.63) is 41.4 Å². The highest BCUT2D eigenvalue weighted by Gasteiger charge is 2.16. The van der Waals surface area contributed by atoms with Crippen LogP contribution in [0, 0.1) is 10.8 Å². The van der Waals surface area contributed by atoms with E-state index in [-0.39, 0.29) is 5.56 Å². The van der Waals surface area contributed by atoms with Gasteiger partial charge < -0.3 is 31.6 Å². The van der Waals surface area contributed by atoms with E-state index in [4.69, 9.17) is 21.3 Å². The number of nitrogens with two attached hydrogens (primary N) is 1. The number of carbonyl (C=O) groups excluding carboxylic acids is 1. The van der Waals surface area contributed by atoms with Crippen molar-refractivity contribution >= 4 is 35.9 Å². The SMILES string of the molecule is COc1cc(N)c(C=N)cc1C(=O)Nc1cnc(/C=C\C=N)[nH]1. The Labute approximate surface area is 132 Å². The van der Waals surface area contributed by atoms with Crippen LogP contribution in [0.25, 0.3) is 6.08 Å². The highest BCUT2D eigenvalue weighted by molar-refractivity contribution is 6.07. The maximum atomic E-state index is 12.4. The first kappa shape index (κ1) is 16.0. The van der Waals surface area contributed by atoms with E-state index < -0.39 is 5.91 Å². The average Bonchev–Trinajstić information content (AvgIpc) is 2.99. The van der Waals surface area contributed by atoms with Crippen LogP contribution in [0.3, 0.4) is 0 Å². The summed E-state index contributed by atoms with van der Waals surface area (Å²) >= 11 is 0. The summed E-state index contributed by atoms with van der Waals surface area (Å²) in [6.07, 6.45) is 6.76. The number of nitrogens with zero attached hydrogens (tertiary/aromatic N) is 1. The molecule has 1 heterocycles. The van der Waals surface area contributed by atoms with Gasteiger partial charge in [-0.1, -0.05) is 0 Å². The number of nitrogens with one attached hydrogen (secondary N) is 4. The lowest BCUT2D eigenvalue weighted by Crippen LogP contribution is -2.14. The van der Waals surface area contributed by atoms with E-state index in [0.717, 1.165) is 12.4 Å². The highest BCUT2D eigenvalue weighted by atomic mass is 16.5. The van der Waals surface area contributed by atoms with Crippen LogP contribution in [0.2, 0.25) is 0 Å². The molecule has 2 rings (SSSR count). The molecule has 0 saturated carbocycles. The molecule has 0 bridgehead atoms. The largest absolute Gasteiger partial charge is 0.496 e. The second-order valence-electron chi connectivity index (χ2n) is 4.49. The molecular weight excluding hydrogens is 296 g/mol. The number of carbonyl (C=O) groups is 1. The van der Waals surface area contributed by atoms with E-state index in [2.05, 4.69) is 15.3 Å². The third kappa shape index (κ3) is 3.62. The predicted octanol–water partition coefficient (Wildman–Crippen LogP) is 1.91. The van der Waals surface area contributed by atoms with Crippen molar-refractivity contribution in [2.24, 2.45) is 0 Å². The second kappa shape index (κ2) is 7.03. The lowest BCUT2D eigenvalue weighted by Gasteiger charge is -2.11. The minimum absolute atomic E-state index is 0.256. The summed E-state index contributed by atoms with van der Waals surface area (Å²) in [4.78, 5) is 19.3. The third-order valence-electron chi connectivity index (χ3n) is 3.00. The molecule has 23 heavy (non-hydrogen) atoms. The number of imidazole rings is 1. The Bertz CT molecular complexity index is 778. The Kier molecular flexibility index (Phi) is 4.88. The van der Waals surface area contributed by atoms with Crippen molar-refractivity contribution in [2.75, 3.05) is 18.2 Å². The summed E-state index contributed by atoms with van der Waals surface area (Å²) in [6.45, 7) is 0. The van der Waals surface area contributed by atoms with Crippen molar-refractivity contribution in [3.63, 3.8) is 0 Å². The molecule has 0 aliphatic heterocycles. The third-order valence-corrected chi connectivity index (χ3v) is 3.00. The lowest BCUT2D eigenvalue weighted by atomic mass is 10.1. The molecule has 1 aromatic heterocycles. The van der Waals surface area contributed by atoms with Crippen molar-refractivity contribution in [1.82, 2.24) is 9.97 Å². The molecule has 0 saturated heterocycles. The Morgan fingerprint density at radius 2 is 2.22 bits per heavy atom. The summed E-state index contributed by atoms with van der Waals surface area (Å²) < 4.78 is 5.16. The topological polar surface area (TPSA) is 141 Å². The van der Waals surface area contributed by atoms with Crippen LogP contribution in [0.1, 0.15) is 21.7 Å². The molecule has 8 nitrogen and oxygen atoms in total. The van der Waals surface area contributed by atoms with Gasteiger partial charge >= 0.3 is 0 Å². The predicted molar refractivity (Wildman–Crippen MR) is 89.7 cm³/mol. The maximum Gasteiger partial charge on any atom is 0.260 e. The van der Waals surface area contributed by atoms with E-state index in [0.29, 0.717) is 28.6 Å². The van der Waals surface area contributed by atoms with E-state index >= 15 is 0 Å². The number of benzene rings is 1. The fraction of sp³-hybridized carbons (Fsp3) is 0.0667. The number of hydrogen-bond donors (Lipinski definition) is 5. The van der Waals surface area contributed by atoms with Crippen molar-refractivity contribution in [1.29, 1.82) is 10.8 Å². The number of allylic oxidation sites excluding steroid dienone is 1. The Morgan fingerprint density at radius 1 is 1.43 bits per heavy atom. The molecule has 0 spiro atoms. The van der Waals surface area contributed by atoms with Crippen molar-refractivity contribution < 1.29 is 9.53 Å². The fourth-order valence-electron chi connectivity index (χ4n) is 1.90. The van der Waals surface area contributed by atoms with Crippen LogP contribution in [-0.2, 0) is 0 Å². The van der Waals surface area contributed by atoms with Gasteiger partial charge in [0.15, 0.2) is 0 Å². The zero-order valence-corrected chi connectivity index (χ0v) is 12.4. The molecule has 0 radical (unpaired) electrons. The molecule has 0 fully saturated rings. The van der Waals surface area contributed by atoms with E-state index in [1.165, 1.54) is 31.5 Å². The van der Waals surface area contributed by atoms with Crippen LogP contribution >= 0.6 is 0 Å². The number of amides is 1. The molecule has 8 heteroatoms. The number of H-pyrrole nitrogens is 1. The first-order valence-electron chi connectivity index (χ1n) is 6.60. The molecule has 0 unspecified atom stereocenters. The second-order valence-corrected chi connectivity index (χ2v) is 4.49. The first-order chi connectivity index (χ1) is 11.1. The van der Waals surface area contributed by atoms with Gasteiger partial charge in [-0.2, -0.15) is 0 Å². The molecule has 1 amide bonds. The highest BCUT2D eigenvalue weighted by Crippen LogP contribution is 2.25. The standard InChI is InChI=1S/C15H16N6O2/c1-23-12-6-11(18)9(7-17)5-10(12)15(22)21-14-8-19-13(20-14)3-2-4-16/h2-8,16-17H,18H2,1H3,(H,19,20)(H,21,22)/b3-2-,16-4?,17-7?. The zero-order chi connectivity index (χ0) is 16.8. The van der Waals surface area contributed by atoms with E-state index in [1.54, 1.807) is 6.08 Å².